The maximum Gasteiger partial charge on any atom is 0.241 e. The number of carbonyl (C=O) groups is 1. The van der Waals surface area contributed by atoms with Crippen LogP contribution in [0.3, 0.4) is 0 Å². The molecule has 0 heterocycles. The molecule has 0 bridgehead atoms. The fourth-order valence-electron chi connectivity index (χ4n) is 3.05. The van der Waals surface area contributed by atoms with Gasteiger partial charge in [0.05, 0.1) is 19.3 Å². The van der Waals surface area contributed by atoms with Crippen LogP contribution in [-0.2, 0) is 16.4 Å². The summed E-state index contributed by atoms with van der Waals surface area (Å²) < 4.78 is 40.1. The maximum absolute atomic E-state index is 11.9. The minimum Gasteiger partial charge on any atom is -0.495 e. The Morgan fingerprint density at radius 1 is 1.17 bits per heavy atom. The molecule has 2 aromatic rings. The molecule has 0 aliphatic carbocycles. The van der Waals surface area contributed by atoms with Gasteiger partial charge in [0.1, 0.15) is 17.3 Å². The zero-order chi connectivity index (χ0) is 22.1. The molecule has 8 nitrogen and oxygen atoms in total. The summed E-state index contributed by atoms with van der Waals surface area (Å²) in [5.41, 5.74) is 0.798. The third kappa shape index (κ3) is 6.45. The molecule has 0 saturated heterocycles. The fourth-order valence-corrected chi connectivity index (χ4v) is 3.83. The SMILES string of the molecule is CCOc1ccccc1OCCN[C@H](C)Cc1cc(C=O)c(OC)c(S(N)(=O)=O)c1. The Labute approximate surface area is 177 Å². The number of nitrogens with one attached hydrogen (secondary N) is 1. The van der Waals surface area contributed by atoms with Crippen LogP contribution in [0.1, 0.15) is 29.8 Å². The molecule has 0 unspecified atom stereocenters. The van der Waals surface area contributed by atoms with Gasteiger partial charge in [-0.3, -0.25) is 4.79 Å². The summed E-state index contributed by atoms with van der Waals surface area (Å²) in [7, 11) is -2.74. The van der Waals surface area contributed by atoms with Crippen LogP contribution in [0.4, 0.5) is 0 Å². The normalized spacial score (nSPS) is 12.3. The van der Waals surface area contributed by atoms with Gasteiger partial charge in [0.15, 0.2) is 17.8 Å². The molecule has 0 radical (unpaired) electrons. The average Bonchev–Trinajstić information content (AvgIpc) is 2.71. The van der Waals surface area contributed by atoms with Crippen LogP contribution in [0.5, 0.6) is 17.2 Å². The summed E-state index contributed by atoms with van der Waals surface area (Å²) >= 11 is 0. The third-order valence-corrected chi connectivity index (χ3v) is 5.24. The van der Waals surface area contributed by atoms with E-state index in [-0.39, 0.29) is 22.3 Å². The largest absolute Gasteiger partial charge is 0.495 e. The number of hydrogen-bond acceptors (Lipinski definition) is 7. The lowest BCUT2D eigenvalue weighted by Crippen LogP contribution is -2.32. The van der Waals surface area contributed by atoms with Crippen molar-refractivity contribution in [3.05, 3.63) is 47.5 Å². The molecule has 0 aliphatic rings. The van der Waals surface area contributed by atoms with Crippen molar-refractivity contribution in [3.8, 4) is 17.2 Å². The Morgan fingerprint density at radius 2 is 1.83 bits per heavy atom. The number of ether oxygens (including phenoxy) is 3. The van der Waals surface area contributed by atoms with E-state index in [9.17, 15) is 13.2 Å². The third-order valence-electron chi connectivity index (χ3n) is 4.32. The fraction of sp³-hybridized carbons (Fsp3) is 0.381. The molecule has 3 N–H and O–H groups in total. The molecule has 0 spiro atoms. The summed E-state index contributed by atoms with van der Waals surface area (Å²) in [5, 5.41) is 8.59. The van der Waals surface area contributed by atoms with Crippen molar-refractivity contribution >= 4 is 16.3 Å². The van der Waals surface area contributed by atoms with E-state index in [0.717, 1.165) is 0 Å². The number of benzene rings is 2. The first-order valence-corrected chi connectivity index (χ1v) is 11.1. The molecule has 30 heavy (non-hydrogen) atoms. The second-order valence-corrected chi connectivity index (χ2v) is 8.20. The van der Waals surface area contributed by atoms with E-state index in [4.69, 9.17) is 19.3 Å². The summed E-state index contributed by atoms with van der Waals surface area (Å²) in [6.07, 6.45) is 1.04. The summed E-state index contributed by atoms with van der Waals surface area (Å²) in [5.74, 6) is 1.33. The average molecular weight is 437 g/mol. The molecule has 9 heteroatoms. The number of sulfonamides is 1. The standard InChI is InChI=1S/C21H28N2O6S/c1-4-28-18-7-5-6-8-19(18)29-10-9-23-15(2)11-16-12-17(14-24)21(27-3)20(13-16)30(22,25)26/h5-8,12-15,23H,4,9-11H2,1-3H3,(H2,22,25,26)/t15-/m1/s1. The number of carbonyl (C=O) groups excluding carboxylic acids is 1. The van der Waals surface area contributed by atoms with Gasteiger partial charge in [-0.1, -0.05) is 12.1 Å². The van der Waals surface area contributed by atoms with Crippen molar-refractivity contribution < 1.29 is 27.4 Å². The first kappa shape index (κ1) is 23.7. The molecule has 0 saturated carbocycles. The molecular formula is C21H28N2O6S. The number of primary sulfonamides is 1. The van der Waals surface area contributed by atoms with E-state index in [2.05, 4.69) is 5.32 Å². The van der Waals surface area contributed by atoms with Crippen LogP contribution in [-0.4, -0.2) is 47.6 Å². The Bertz CT molecular complexity index is 962. The van der Waals surface area contributed by atoms with Crippen molar-refractivity contribution in [2.24, 2.45) is 5.14 Å². The molecular weight excluding hydrogens is 408 g/mol. The van der Waals surface area contributed by atoms with Gasteiger partial charge in [-0.25, -0.2) is 13.6 Å². The summed E-state index contributed by atoms with van der Waals surface area (Å²) in [6, 6.07) is 10.5. The van der Waals surface area contributed by atoms with Crippen LogP contribution in [0.25, 0.3) is 0 Å². The first-order chi connectivity index (χ1) is 14.3. The van der Waals surface area contributed by atoms with Gasteiger partial charge in [0.2, 0.25) is 10.0 Å². The van der Waals surface area contributed by atoms with Crippen LogP contribution in [0.15, 0.2) is 41.3 Å². The number of rotatable bonds is 12. The van der Waals surface area contributed by atoms with Gasteiger partial charge >= 0.3 is 0 Å². The molecule has 1 atom stereocenters. The van der Waals surface area contributed by atoms with Crippen molar-refractivity contribution in [2.45, 2.75) is 31.2 Å². The van der Waals surface area contributed by atoms with Crippen LogP contribution < -0.4 is 24.7 Å². The van der Waals surface area contributed by atoms with Crippen molar-refractivity contribution in [3.63, 3.8) is 0 Å². The van der Waals surface area contributed by atoms with E-state index in [0.29, 0.717) is 49.5 Å². The number of aldehydes is 1. The van der Waals surface area contributed by atoms with Crippen LogP contribution >= 0.6 is 0 Å². The maximum atomic E-state index is 11.9. The van der Waals surface area contributed by atoms with Crippen LogP contribution in [0.2, 0.25) is 0 Å². The van der Waals surface area contributed by atoms with Crippen molar-refractivity contribution in [1.29, 1.82) is 0 Å². The van der Waals surface area contributed by atoms with Gasteiger partial charge in [-0.2, -0.15) is 0 Å². The van der Waals surface area contributed by atoms with Gasteiger partial charge in [-0.05, 0) is 50.1 Å². The van der Waals surface area contributed by atoms with E-state index in [1.165, 1.54) is 13.2 Å². The monoisotopic (exact) mass is 436 g/mol. The van der Waals surface area contributed by atoms with Gasteiger partial charge in [0.25, 0.3) is 0 Å². The zero-order valence-electron chi connectivity index (χ0n) is 17.4. The molecule has 2 rings (SSSR count). The first-order valence-electron chi connectivity index (χ1n) is 9.57. The Balaban J connectivity index is 1.98. The Hall–Kier alpha value is -2.62. The highest BCUT2D eigenvalue weighted by Gasteiger charge is 2.20. The Kier molecular flexibility index (Phi) is 8.64. The molecule has 0 amide bonds. The quantitative estimate of drug-likeness (QED) is 0.387. The summed E-state index contributed by atoms with van der Waals surface area (Å²) in [6.45, 7) is 5.42. The molecule has 164 valence electrons. The minimum atomic E-state index is -4.03. The predicted octanol–water partition coefficient (Wildman–Crippen LogP) is 2.15. The smallest absolute Gasteiger partial charge is 0.241 e. The minimum absolute atomic E-state index is 0.00281. The number of methoxy groups -OCH3 is 1. The second kappa shape index (κ2) is 11.0. The van der Waals surface area contributed by atoms with Gasteiger partial charge < -0.3 is 19.5 Å². The zero-order valence-corrected chi connectivity index (χ0v) is 18.2. The molecule has 0 fully saturated rings. The lowest BCUT2D eigenvalue weighted by Gasteiger charge is -2.17. The van der Waals surface area contributed by atoms with Crippen LogP contribution in [0, 0.1) is 0 Å². The lowest BCUT2D eigenvalue weighted by molar-refractivity contribution is 0.112. The van der Waals surface area contributed by atoms with E-state index in [1.807, 2.05) is 38.1 Å². The van der Waals surface area contributed by atoms with Crippen molar-refractivity contribution in [2.75, 3.05) is 26.9 Å². The summed E-state index contributed by atoms with van der Waals surface area (Å²) in [4.78, 5) is 11.2. The highest BCUT2D eigenvalue weighted by molar-refractivity contribution is 7.89. The second-order valence-electron chi connectivity index (χ2n) is 6.67. The number of nitrogens with two attached hydrogens (primary N) is 1. The highest BCUT2D eigenvalue weighted by atomic mass is 32.2. The topological polar surface area (TPSA) is 117 Å². The van der Waals surface area contributed by atoms with E-state index < -0.39 is 10.0 Å². The van der Waals surface area contributed by atoms with Crippen molar-refractivity contribution in [1.82, 2.24) is 5.32 Å². The van der Waals surface area contributed by atoms with Gasteiger partial charge in [0, 0.05) is 12.6 Å². The highest BCUT2D eigenvalue weighted by Crippen LogP contribution is 2.29. The van der Waals surface area contributed by atoms with E-state index in [1.54, 1.807) is 6.07 Å². The van der Waals surface area contributed by atoms with Gasteiger partial charge in [-0.15, -0.1) is 0 Å². The Morgan fingerprint density at radius 3 is 2.40 bits per heavy atom. The molecule has 2 aromatic carbocycles. The predicted molar refractivity (Wildman–Crippen MR) is 114 cm³/mol. The van der Waals surface area contributed by atoms with E-state index >= 15 is 0 Å². The molecule has 0 aromatic heterocycles. The lowest BCUT2D eigenvalue weighted by atomic mass is 10.0. The number of para-hydroxylation sites is 2. The number of hydrogen-bond donors (Lipinski definition) is 2. The molecule has 0 aliphatic heterocycles.